The number of nitrogens with zero attached hydrogens (tertiary/aromatic N) is 5. The van der Waals surface area contributed by atoms with E-state index in [4.69, 9.17) is 4.98 Å². The predicted octanol–water partition coefficient (Wildman–Crippen LogP) is 2.84. The molecule has 2 aliphatic heterocycles. The summed E-state index contributed by atoms with van der Waals surface area (Å²) in [7, 11) is -2.08. The Hall–Kier alpha value is -4.03. The smallest absolute Gasteiger partial charge is 0.248 e. The standard InChI is InChI=1S/C28H30N6O5S/c1-29-28-26(40(2,38)39)25(17-10-19-8-9-20(11-17)33(19)23(37)15-35)32-27-21(14-31-34(27)28)18-12-22(36)24(30-13-18)16-6-4-3-5-7-16/h3-7,12-14,17,19-20,29,35-36H,8-11,15H2,1-2H3. The van der Waals surface area contributed by atoms with E-state index in [-0.39, 0.29) is 34.6 Å². The molecule has 2 atom stereocenters. The molecule has 4 aromatic rings. The van der Waals surface area contributed by atoms with E-state index in [1.807, 2.05) is 30.3 Å². The molecule has 5 heterocycles. The van der Waals surface area contributed by atoms with Crippen molar-refractivity contribution in [3.63, 3.8) is 0 Å². The summed E-state index contributed by atoms with van der Waals surface area (Å²) >= 11 is 0. The molecule has 2 saturated heterocycles. The topological polar surface area (TPSA) is 150 Å². The van der Waals surface area contributed by atoms with Crippen LogP contribution in [0.4, 0.5) is 5.82 Å². The van der Waals surface area contributed by atoms with Gasteiger partial charge in [-0.3, -0.25) is 9.78 Å². The van der Waals surface area contributed by atoms with Crippen LogP contribution in [0.3, 0.4) is 0 Å². The number of sulfone groups is 1. The Balaban J connectivity index is 1.48. The summed E-state index contributed by atoms with van der Waals surface area (Å²) < 4.78 is 27.8. The number of aromatic nitrogens is 4. The van der Waals surface area contributed by atoms with Gasteiger partial charge in [-0.1, -0.05) is 30.3 Å². The van der Waals surface area contributed by atoms with Crippen molar-refractivity contribution in [1.29, 1.82) is 0 Å². The number of carbonyl (C=O) groups excluding carboxylic acids is 1. The molecule has 12 heteroatoms. The van der Waals surface area contributed by atoms with Crippen molar-refractivity contribution < 1.29 is 23.4 Å². The fraction of sp³-hybridized carbons (Fsp3) is 0.357. The lowest BCUT2D eigenvalue weighted by Crippen LogP contribution is -2.47. The highest BCUT2D eigenvalue weighted by Gasteiger charge is 2.45. The molecule has 3 N–H and O–H groups in total. The minimum atomic E-state index is -3.72. The summed E-state index contributed by atoms with van der Waals surface area (Å²) in [6, 6.07) is 10.8. The second-order valence-corrected chi connectivity index (χ2v) is 12.4. The highest BCUT2D eigenvalue weighted by atomic mass is 32.2. The van der Waals surface area contributed by atoms with Crippen LogP contribution in [0.1, 0.15) is 37.3 Å². The fourth-order valence-corrected chi connectivity index (χ4v) is 7.50. The summed E-state index contributed by atoms with van der Waals surface area (Å²) in [5.74, 6) is -0.204. The van der Waals surface area contributed by atoms with E-state index in [0.29, 0.717) is 46.8 Å². The number of pyridine rings is 1. The van der Waals surface area contributed by atoms with Crippen molar-refractivity contribution in [3.05, 3.63) is 54.5 Å². The largest absolute Gasteiger partial charge is 0.506 e. The summed E-state index contributed by atoms with van der Waals surface area (Å²) in [6.07, 6.45) is 7.10. The van der Waals surface area contributed by atoms with E-state index in [9.17, 15) is 23.4 Å². The molecule has 2 bridgehead atoms. The van der Waals surface area contributed by atoms with Crippen molar-refractivity contribution >= 4 is 27.2 Å². The summed E-state index contributed by atoms with van der Waals surface area (Å²) in [6.45, 7) is -0.538. The zero-order valence-electron chi connectivity index (χ0n) is 22.1. The van der Waals surface area contributed by atoms with Crippen LogP contribution in [0, 0.1) is 0 Å². The third-order valence-corrected chi connectivity index (χ3v) is 9.15. The van der Waals surface area contributed by atoms with E-state index >= 15 is 0 Å². The van der Waals surface area contributed by atoms with Gasteiger partial charge in [-0.05, 0) is 31.7 Å². The van der Waals surface area contributed by atoms with Crippen molar-refractivity contribution in [2.75, 3.05) is 25.2 Å². The van der Waals surface area contributed by atoms with Crippen molar-refractivity contribution in [3.8, 4) is 28.1 Å². The van der Waals surface area contributed by atoms with Crippen molar-refractivity contribution in [2.24, 2.45) is 0 Å². The molecule has 0 saturated carbocycles. The van der Waals surface area contributed by atoms with Crippen LogP contribution in [0.15, 0.2) is 53.7 Å². The van der Waals surface area contributed by atoms with Crippen LogP contribution in [0.25, 0.3) is 28.0 Å². The molecule has 208 valence electrons. The second kappa shape index (κ2) is 9.86. The Morgan fingerprint density at radius 3 is 2.40 bits per heavy atom. The number of hydrogen-bond acceptors (Lipinski definition) is 9. The Labute approximate surface area is 231 Å². The van der Waals surface area contributed by atoms with Gasteiger partial charge in [0, 0.05) is 54.2 Å². The van der Waals surface area contributed by atoms with E-state index in [0.717, 1.165) is 24.7 Å². The van der Waals surface area contributed by atoms with Crippen LogP contribution < -0.4 is 5.32 Å². The minimum Gasteiger partial charge on any atom is -0.506 e. The molecule has 1 aromatic carbocycles. The lowest BCUT2D eigenvalue weighted by Gasteiger charge is -2.39. The zero-order chi connectivity index (χ0) is 28.2. The number of benzene rings is 1. The number of aromatic hydroxyl groups is 1. The molecular formula is C28H30N6O5S. The third kappa shape index (κ3) is 4.27. The minimum absolute atomic E-state index is 0.00219. The first kappa shape index (κ1) is 26.2. The number of hydrogen-bond donors (Lipinski definition) is 3. The quantitative estimate of drug-likeness (QED) is 0.322. The van der Waals surface area contributed by atoms with Gasteiger partial charge in [0.1, 0.15) is 28.8 Å². The van der Waals surface area contributed by atoms with Crippen molar-refractivity contribution in [1.82, 2.24) is 24.5 Å². The molecule has 2 fully saturated rings. The summed E-state index contributed by atoms with van der Waals surface area (Å²) in [5.41, 5.74) is 3.28. The maximum atomic E-state index is 13.1. The van der Waals surface area contributed by atoms with Crippen LogP contribution in [0.2, 0.25) is 0 Å². The Kier molecular flexibility index (Phi) is 6.46. The number of carbonyl (C=O) groups is 1. The van der Waals surface area contributed by atoms with E-state index in [1.54, 1.807) is 30.4 Å². The molecule has 40 heavy (non-hydrogen) atoms. The maximum absolute atomic E-state index is 13.1. The average Bonchev–Trinajstić information content (AvgIpc) is 3.49. The number of nitrogens with one attached hydrogen (secondary N) is 1. The van der Waals surface area contributed by atoms with Gasteiger partial charge in [-0.25, -0.2) is 13.4 Å². The number of amides is 1. The summed E-state index contributed by atoms with van der Waals surface area (Å²) in [5, 5.41) is 27.8. The van der Waals surface area contributed by atoms with E-state index < -0.39 is 16.4 Å². The molecule has 0 radical (unpaired) electrons. The molecule has 3 aromatic heterocycles. The van der Waals surface area contributed by atoms with E-state index in [1.165, 1.54) is 4.52 Å². The summed E-state index contributed by atoms with van der Waals surface area (Å²) in [4.78, 5) is 23.7. The number of piperidine rings is 1. The number of rotatable bonds is 6. The van der Waals surface area contributed by atoms with Gasteiger partial charge in [-0.2, -0.15) is 9.61 Å². The first-order chi connectivity index (χ1) is 19.2. The van der Waals surface area contributed by atoms with Gasteiger partial charge in [0.05, 0.1) is 11.9 Å². The first-order valence-corrected chi connectivity index (χ1v) is 15.1. The third-order valence-electron chi connectivity index (χ3n) is 8.01. The molecule has 1 amide bonds. The Morgan fingerprint density at radius 2 is 1.80 bits per heavy atom. The van der Waals surface area contributed by atoms with Crippen LogP contribution in [0.5, 0.6) is 5.75 Å². The molecule has 0 aliphatic carbocycles. The lowest BCUT2D eigenvalue weighted by molar-refractivity contribution is -0.138. The monoisotopic (exact) mass is 562 g/mol. The Bertz CT molecular complexity index is 1710. The van der Waals surface area contributed by atoms with E-state index in [2.05, 4.69) is 15.4 Å². The Morgan fingerprint density at radius 1 is 1.10 bits per heavy atom. The second-order valence-electron chi connectivity index (χ2n) is 10.5. The number of aliphatic hydroxyl groups is 1. The van der Waals surface area contributed by atoms with Gasteiger partial charge in [0.2, 0.25) is 5.91 Å². The lowest BCUT2D eigenvalue weighted by atomic mass is 9.87. The molecule has 0 spiro atoms. The van der Waals surface area contributed by atoms with Crippen molar-refractivity contribution in [2.45, 2.75) is 48.6 Å². The molecule has 2 aliphatic rings. The van der Waals surface area contributed by atoms with Gasteiger partial charge in [0.15, 0.2) is 15.5 Å². The first-order valence-electron chi connectivity index (χ1n) is 13.2. The molecular weight excluding hydrogens is 532 g/mol. The highest BCUT2D eigenvalue weighted by Crippen LogP contribution is 2.45. The van der Waals surface area contributed by atoms with Gasteiger partial charge in [0.25, 0.3) is 0 Å². The van der Waals surface area contributed by atoms with Gasteiger partial charge < -0.3 is 20.4 Å². The number of fused-ring (bicyclic) bond motifs is 3. The van der Waals surface area contributed by atoms with Gasteiger partial charge in [-0.15, -0.1) is 0 Å². The van der Waals surface area contributed by atoms with Gasteiger partial charge >= 0.3 is 0 Å². The SMILES string of the molecule is CNc1c(S(C)(=O)=O)c(C2CC3CCC(C2)N3C(=O)CO)nc2c(-c3cnc(-c4ccccc4)c(O)c3)cnn12. The van der Waals surface area contributed by atoms with Crippen LogP contribution >= 0.6 is 0 Å². The number of anilines is 1. The highest BCUT2D eigenvalue weighted by molar-refractivity contribution is 7.91. The number of aliphatic hydroxyl groups excluding tert-OH is 1. The molecule has 2 unspecified atom stereocenters. The molecule has 11 nitrogen and oxygen atoms in total. The van der Waals surface area contributed by atoms with Crippen LogP contribution in [-0.4, -0.2) is 81.0 Å². The average molecular weight is 563 g/mol. The normalized spacial score (nSPS) is 20.7. The zero-order valence-corrected chi connectivity index (χ0v) is 23.0. The van der Waals surface area contributed by atoms with Crippen LogP contribution in [-0.2, 0) is 14.6 Å². The maximum Gasteiger partial charge on any atom is 0.248 e. The predicted molar refractivity (Wildman–Crippen MR) is 149 cm³/mol. The fourth-order valence-electron chi connectivity index (χ4n) is 6.37. The molecule has 6 rings (SSSR count).